The minimum absolute atomic E-state index is 0.195. The van der Waals surface area contributed by atoms with Crippen molar-refractivity contribution in [2.24, 2.45) is 0 Å². The quantitative estimate of drug-likeness (QED) is 0.906. The monoisotopic (exact) mass is 321 g/mol. The number of carbonyl (C=O) groups excluding carboxylic acids is 1. The van der Waals surface area contributed by atoms with Crippen LogP contribution in [0.3, 0.4) is 0 Å². The number of hydrogen-bond donors (Lipinski definition) is 1. The van der Waals surface area contributed by atoms with Crippen LogP contribution in [0.25, 0.3) is 0 Å². The van der Waals surface area contributed by atoms with Gasteiger partial charge in [-0.1, -0.05) is 45.8 Å². The second kappa shape index (κ2) is 5.97. The second-order valence-electron chi connectivity index (χ2n) is 4.33. The molecule has 0 unspecified atom stereocenters. The van der Waals surface area contributed by atoms with Crippen LogP contribution in [0.1, 0.15) is 11.1 Å². The lowest BCUT2D eigenvalue weighted by atomic mass is 10.1. The number of hydrogen-bond acceptors (Lipinski definition) is 1. The predicted molar refractivity (Wildman–Crippen MR) is 77.6 cm³/mol. The summed E-state index contributed by atoms with van der Waals surface area (Å²) in [4.78, 5) is 11.8. The third kappa shape index (κ3) is 3.89. The number of amides is 1. The number of nitrogens with one attached hydrogen (secondary N) is 1. The SMILES string of the molecule is Cc1ccc(CC(=O)Nc2ccc(Br)cc2F)cc1. The van der Waals surface area contributed by atoms with E-state index in [0.717, 1.165) is 11.1 Å². The van der Waals surface area contributed by atoms with Crippen LogP contribution in [0.4, 0.5) is 10.1 Å². The molecule has 0 aliphatic carbocycles. The lowest BCUT2D eigenvalue weighted by Crippen LogP contribution is -2.15. The van der Waals surface area contributed by atoms with E-state index in [1.165, 1.54) is 12.1 Å². The zero-order valence-corrected chi connectivity index (χ0v) is 12.0. The maximum absolute atomic E-state index is 13.6. The Hall–Kier alpha value is -1.68. The highest BCUT2D eigenvalue weighted by atomic mass is 79.9. The first kappa shape index (κ1) is 13.7. The minimum Gasteiger partial charge on any atom is -0.323 e. The fraction of sp³-hybridized carbons (Fsp3) is 0.133. The van der Waals surface area contributed by atoms with Gasteiger partial charge in [0, 0.05) is 4.47 Å². The topological polar surface area (TPSA) is 29.1 Å². The molecule has 0 heterocycles. The zero-order chi connectivity index (χ0) is 13.8. The van der Waals surface area contributed by atoms with E-state index in [0.29, 0.717) is 4.47 Å². The summed E-state index contributed by atoms with van der Waals surface area (Å²) < 4.78 is 14.2. The van der Waals surface area contributed by atoms with Gasteiger partial charge in [-0.3, -0.25) is 4.79 Å². The van der Waals surface area contributed by atoms with E-state index in [1.807, 2.05) is 31.2 Å². The molecule has 4 heteroatoms. The van der Waals surface area contributed by atoms with Crippen LogP contribution in [-0.4, -0.2) is 5.91 Å². The average molecular weight is 322 g/mol. The fourth-order valence-corrected chi connectivity index (χ4v) is 2.01. The van der Waals surface area contributed by atoms with E-state index in [2.05, 4.69) is 21.2 Å². The molecule has 2 aromatic carbocycles. The first-order valence-corrected chi connectivity index (χ1v) is 6.64. The van der Waals surface area contributed by atoms with Gasteiger partial charge < -0.3 is 5.32 Å². The Morgan fingerprint density at radius 3 is 2.53 bits per heavy atom. The first-order chi connectivity index (χ1) is 9.04. The van der Waals surface area contributed by atoms with E-state index in [9.17, 15) is 9.18 Å². The normalized spacial score (nSPS) is 10.3. The van der Waals surface area contributed by atoms with Crippen LogP contribution < -0.4 is 5.32 Å². The van der Waals surface area contributed by atoms with Crippen molar-refractivity contribution in [1.82, 2.24) is 0 Å². The van der Waals surface area contributed by atoms with Crippen LogP contribution in [-0.2, 0) is 11.2 Å². The number of carbonyl (C=O) groups is 1. The summed E-state index contributed by atoms with van der Waals surface area (Å²) in [5.74, 6) is -0.684. The molecule has 2 aromatic rings. The number of benzene rings is 2. The molecular weight excluding hydrogens is 309 g/mol. The highest BCUT2D eigenvalue weighted by Crippen LogP contribution is 2.19. The summed E-state index contributed by atoms with van der Waals surface area (Å²) >= 11 is 3.17. The van der Waals surface area contributed by atoms with Gasteiger partial charge in [0.05, 0.1) is 12.1 Å². The number of anilines is 1. The van der Waals surface area contributed by atoms with Crippen molar-refractivity contribution in [2.45, 2.75) is 13.3 Å². The van der Waals surface area contributed by atoms with Crippen molar-refractivity contribution < 1.29 is 9.18 Å². The summed E-state index contributed by atoms with van der Waals surface area (Å²) in [6.45, 7) is 1.99. The van der Waals surface area contributed by atoms with Crippen molar-refractivity contribution in [3.63, 3.8) is 0 Å². The van der Waals surface area contributed by atoms with Crippen molar-refractivity contribution in [2.75, 3.05) is 5.32 Å². The highest BCUT2D eigenvalue weighted by Gasteiger charge is 2.08. The Balaban J connectivity index is 2.03. The van der Waals surface area contributed by atoms with Gasteiger partial charge in [0.1, 0.15) is 5.82 Å². The molecule has 19 heavy (non-hydrogen) atoms. The van der Waals surface area contributed by atoms with Crippen LogP contribution in [0.5, 0.6) is 0 Å². The van der Waals surface area contributed by atoms with Gasteiger partial charge in [-0.05, 0) is 30.7 Å². The molecule has 2 nitrogen and oxygen atoms in total. The minimum atomic E-state index is -0.452. The fourth-order valence-electron chi connectivity index (χ4n) is 1.68. The maximum atomic E-state index is 13.6. The molecule has 0 radical (unpaired) electrons. The van der Waals surface area contributed by atoms with E-state index < -0.39 is 5.82 Å². The molecule has 0 bridgehead atoms. The van der Waals surface area contributed by atoms with Gasteiger partial charge in [0.25, 0.3) is 0 Å². The molecule has 1 N–H and O–H groups in total. The largest absolute Gasteiger partial charge is 0.323 e. The van der Waals surface area contributed by atoms with Crippen LogP contribution in [0.15, 0.2) is 46.9 Å². The Kier molecular flexibility index (Phi) is 4.32. The average Bonchev–Trinajstić information content (AvgIpc) is 2.36. The molecule has 0 fully saturated rings. The van der Waals surface area contributed by atoms with E-state index in [-0.39, 0.29) is 18.0 Å². The molecule has 0 aliphatic rings. The maximum Gasteiger partial charge on any atom is 0.228 e. The summed E-state index contributed by atoms with van der Waals surface area (Å²) in [5.41, 5.74) is 2.24. The van der Waals surface area contributed by atoms with Gasteiger partial charge in [-0.2, -0.15) is 0 Å². The van der Waals surface area contributed by atoms with Gasteiger partial charge in [0.15, 0.2) is 0 Å². The predicted octanol–water partition coefficient (Wildman–Crippen LogP) is 4.08. The Bertz CT molecular complexity index is 596. The van der Waals surface area contributed by atoms with E-state index >= 15 is 0 Å². The Morgan fingerprint density at radius 1 is 1.21 bits per heavy atom. The Morgan fingerprint density at radius 2 is 1.89 bits per heavy atom. The second-order valence-corrected chi connectivity index (χ2v) is 5.25. The first-order valence-electron chi connectivity index (χ1n) is 5.85. The van der Waals surface area contributed by atoms with Gasteiger partial charge in [-0.25, -0.2) is 4.39 Å². The van der Waals surface area contributed by atoms with Crippen molar-refractivity contribution in [3.8, 4) is 0 Å². The van der Waals surface area contributed by atoms with Crippen molar-refractivity contribution in [3.05, 3.63) is 63.9 Å². The number of halogens is 2. The number of aryl methyl sites for hydroxylation is 1. The number of rotatable bonds is 3. The molecule has 0 spiro atoms. The van der Waals surface area contributed by atoms with Gasteiger partial charge in [0.2, 0.25) is 5.91 Å². The lowest BCUT2D eigenvalue weighted by molar-refractivity contribution is -0.115. The third-order valence-corrected chi connectivity index (χ3v) is 3.18. The van der Waals surface area contributed by atoms with Crippen molar-refractivity contribution >= 4 is 27.5 Å². The van der Waals surface area contributed by atoms with Crippen LogP contribution >= 0.6 is 15.9 Å². The van der Waals surface area contributed by atoms with E-state index in [4.69, 9.17) is 0 Å². The molecule has 0 saturated heterocycles. The van der Waals surface area contributed by atoms with Crippen LogP contribution in [0.2, 0.25) is 0 Å². The molecule has 1 amide bonds. The molecule has 2 rings (SSSR count). The molecule has 0 atom stereocenters. The highest BCUT2D eigenvalue weighted by molar-refractivity contribution is 9.10. The van der Waals surface area contributed by atoms with E-state index in [1.54, 1.807) is 6.07 Å². The summed E-state index contributed by atoms with van der Waals surface area (Å²) in [7, 11) is 0. The molecule has 0 aromatic heterocycles. The van der Waals surface area contributed by atoms with Crippen molar-refractivity contribution in [1.29, 1.82) is 0 Å². The zero-order valence-electron chi connectivity index (χ0n) is 10.4. The molecular formula is C15H13BrFNO. The third-order valence-electron chi connectivity index (χ3n) is 2.69. The summed E-state index contributed by atoms with van der Waals surface area (Å²) in [6, 6.07) is 12.2. The Labute approximate surface area is 119 Å². The standard InChI is InChI=1S/C15H13BrFNO/c1-10-2-4-11(5-3-10)8-15(19)18-14-7-6-12(16)9-13(14)17/h2-7,9H,8H2,1H3,(H,18,19). The summed E-state index contributed by atoms with van der Waals surface area (Å²) in [6.07, 6.45) is 0.232. The van der Waals surface area contributed by atoms with Gasteiger partial charge in [-0.15, -0.1) is 0 Å². The lowest BCUT2D eigenvalue weighted by Gasteiger charge is -2.07. The van der Waals surface area contributed by atoms with Gasteiger partial charge >= 0.3 is 0 Å². The molecule has 98 valence electrons. The molecule has 0 aliphatic heterocycles. The summed E-state index contributed by atoms with van der Waals surface area (Å²) in [5, 5.41) is 2.57. The smallest absolute Gasteiger partial charge is 0.228 e. The van der Waals surface area contributed by atoms with Crippen LogP contribution in [0, 0.1) is 12.7 Å². The molecule has 0 saturated carbocycles.